The summed E-state index contributed by atoms with van der Waals surface area (Å²) in [5.74, 6) is 0.526. The lowest BCUT2D eigenvalue weighted by Gasteiger charge is -2.12. The Balaban J connectivity index is 1.80. The van der Waals surface area contributed by atoms with Gasteiger partial charge in [-0.1, -0.05) is 6.07 Å². The Hall–Kier alpha value is -1.17. The van der Waals surface area contributed by atoms with E-state index < -0.39 is 0 Å². The monoisotopic (exact) mass is 296 g/mol. The van der Waals surface area contributed by atoms with Gasteiger partial charge in [0.25, 0.3) is 0 Å². The van der Waals surface area contributed by atoms with E-state index in [-0.39, 0.29) is 11.4 Å². The van der Waals surface area contributed by atoms with Crippen molar-refractivity contribution in [3.05, 3.63) is 29.0 Å². The van der Waals surface area contributed by atoms with Crippen LogP contribution in [0.2, 0.25) is 5.28 Å². The molecule has 3 heterocycles. The van der Waals surface area contributed by atoms with E-state index in [1.54, 1.807) is 17.5 Å². The summed E-state index contributed by atoms with van der Waals surface area (Å²) in [5.41, 5.74) is 0.873. The van der Waals surface area contributed by atoms with Gasteiger partial charge in [0.15, 0.2) is 0 Å². The van der Waals surface area contributed by atoms with Gasteiger partial charge in [0, 0.05) is 17.7 Å². The third-order valence-electron chi connectivity index (χ3n) is 2.94. The molecule has 2 aromatic rings. The fourth-order valence-electron chi connectivity index (χ4n) is 2.00. The normalized spacial score (nSPS) is 18.7. The molecule has 2 aromatic heterocycles. The molecule has 1 aliphatic rings. The van der Waals surface area contributed by atoms with Crippen molar-refractivity contribution in [2.24, 2.45) is 0 Å². The van der Waals surface area contributed by atoms with Crippen LogP contribution in [-0.2, 0) is 4.74 Å². The van der Waals surface area contributed by atoms with Crippen LogP contribution in [0.1, 0.15) is 12.8 Å². The molecular formula is C13H13ClN2O2S. The first-order valence-corrected chi connectivity index (χ1v) is 7.39. The molecule has 1 atom stereocenters. The van der Waals surface area contributed by atoms with Crippen molar-refractivity contribution < 1.29 is 9.47 Å². The van der Waals surface area contributed by atoms with E-state index in [1.807, 2.05) is 17.5 Å². The molecule has 0 radical (unpaired) electrons. The highest BCUT2D eigenvalue weighted by Crippen LogP contribution is 2.32. The number of rotatable bonds is 4. The maximum absolute atomic E-state index is 5.84. The minimum Gasteiger partial charge on any atom is -0.474 e. The van der Waals surface area contributed by atoms with Gasteiger partial charge in [0.05, 0.1) is 11.7 Å². The van der Waals surface area contributed by atoms with Crippen LogP contribution >= 0.6 is 22.9 Å². The molecule has 0 amide bonds. The minimum atomic E-state index is 0.157. The molecule has 0 bridgehead atoms. The highest BCUT2D eigenvalue weighted by Gasteiger charge is 2.18. The van der Waals surface area contributed by atoms with Gasteiger partial charge < -0.3 is 9.47 Å². The molecule has 1 fully saturated rings. The molecule has 0 spiro atoms. The second-order valence-electron chi connectivity index (χ2n) is 4.28. The second kappa shape index (κ2) is 5.86. The molecule has 3 rings (SSSR count). The summed E-state index contributed by atoms with van der Waals surface area (Å²) in [6.07, 6.45) is 3.99. The fraction of sp³-hybridized carbons (Fsp3) is 0.385. The van der Waals surface area contributed by atoms with Gasteiger partial charge in [0.2, 0.25) is 11.2 Å². The third kappa shape index (κ3) is 3.05. The average Bonchev–Trinajstić information content (AvgIpc) is 3.10. The van der Waals surface area contributed by atoms with Gasteiger partial charge in [-0.3, -0.25) is 0 Å². The van der Waals surface area contributed by atoms with Crippen molar-refractivity contribution in [2.45, 2.75) is 18.9 Å². The van der Waals surface area contributed by atoms with Crippen molar-refractivity contribution in [1.82, 2.24) is 9.97 Å². The van der Waals surface area contributed by atoms with Crippen molar-refractivity contribution in [3.8, 4) is 16.3 Å². The van der Waals surface area contributed by atoms with Gasteiger partial charge in [-0.25, -0.2) is 4.98 Å². The van der Waals surface area contributed by atoms with Crippen LogP contribution in [0, 0.1) is 0 Å². The zero-order chi connectivity index (χ0) is 13.1. The fourth-order valence-corrected chi connectivity index (χ4v) is 2.86. The third-order valence-corrected chi connectivity index (χ3v) is 4.03. The van der Waals surface area contributed by atoms with Gasteiger partial charge >= 0.3 is 0 Å². The number of ether oxygens (including phenoxy) is 2. The van der Waals surface area contributed by atoms with Gasteiger partial charge in [0.1, 0.15) is 6.61 Å². The summed E-state index contributed by atoms with van der Waals surface area (Å²) in [6, 6.07) is 3.99. The predicted octanol–water partition coefficient (Wildman–Crippen LogP) is 3.42. The molecule has 0 N–H and O–H groups in total. The van der Waals surface area contributed by atoms with E-state index in [4.69, 9.17) is 21.1 Å². The summed E-state index contributed by atoms with van der Waals surface area (Å²) in [5, 5.41) is 2.20. The van der Waals surface area contributed by atoms with Crippen LogP contribution in [0.4, 0.5) is 0 Å². The maximum Gasteiger partial charge on any atom is 0.226 e. The van der Waals surface area contributed by atoms with Crippen LogP contribution in [0.3, 0.4) is 0 Å². The van der Waals surface area contributed by atoms with Gasteiger partial charge in [-0.2, -0.15) is 4.98 Å². The lowest BCUT2D eigenvalue weighted by atomic mass is 10.2. The van der Waals surface area contributed by atoms with E-state index in [0.29, 0.717) is 12.5 Å². The summed E-state index contributed by atoms with van der Waals surface area (Å²) >= 11 is 7.46. The van der Waals surface area contributed by atoms with E-state index in [2.05, 4.69) is 9.97 Å². The molecule has 100 valence electrons. The lowest BCUT2D eigenvalue weighted by molar-refractivity contribution is 0.0665. The quantitative estimate of drug-likeness (QED) is 0.811. The van der Waals surface area contributed by atoms with E-state index in [0.717, 1.165) is 29.9 Å². The predicted molar refractivity (Wildman–Crippen MR) is 74.8 cm³/mol. The Morgan fingerprint density at radius 1 is 1.53 bits per heavy atom. The first-order chi connectivity index (χ1) is 9.33. The minimum absolute atomic E-state index is 0.157. The molecule has 0 saturated carbocycles. The Morgan fingerprint density at radius 3 is 3.21 bits per heavy atom. The number of aromatic nitrogens is 2. The number of hydrogen-bond donors (Lipinski definition) is 0. The Bertz CT molecular complexity index is 542. The van der Waals surface area contributed by atoms with Gasteiger partial charge in [-0.05, 0) is 35.9 Å². The maximum atomic E-state index is 5.84. The number of nitrogens with zero attached hydrogens (tertiary/aromatic N) is 2. The standard InChI is InChI=1S/C13H13ClN2O2S/c14-13-15-7-10(11-4-2-6-19-11)12(16-13)18-8-9-3-1-5-17-9/h2,4,6-7,9H,1,3,5,8H2. The number of halogens is 1. The Labute approximate surface area is 120 Å². The van der Waals surface area contributed by atoms with Crippen molar-refractivity contribution in [3.63, 3.8) is 0 Å². The number of hydrogen-bond acceptors (Lipinski definition) is 5. The van der Waals surface area contributed by atoms with E-state index in [1.165, 1.54) is 0 Å². The Morgan fingerprint density at radius 2 is 2.47 bits per heavy atom. The second-order valence-corrected chi connectivity index (χ2v) is 5.57. The van der Waals surface area contributed by atoms with Crippen molar-refractivity contribution >= 4 is 22.9 Å². The SMILES string of the molecule is Clc1ncc(-c2cccs2)c(OCC2CCCO2)n1. The molecule has 0 aromatic carbocycles. The smallest absolute Gasteiger partial charge is 0.226 e. The molecule has 1 saturated heterocycles. The summed E-state index contributed by atoms with van der Waals surface area (Å²) < 4.78 is 11.3. The molecule has 1 unspecified atom stereocenters. The highest BCUT2D eigenvalue weighted by atomic mass is 35.5. The van der Waals surface area contributed by atoms with E-state index in [9.17, 15) is 0 Å². The zero-order valence-corrected chi connectivity index (χ0v) is 11.8. The van der Waals surface area contributed by atoms with Crippen LogP contribution in [0.5, 0.6) is 5.88 Å². The van der Waals surface area contributed by atoms with Crippen molar-refractivity contribution in [2.75, 3.05) is 13.2 Å². The summed E-state index contributed by atoms with van der Waals surface area (Å²) in [6.45, 7) is 1.32. The summed E-state index contributed by atoms with van der Waals surface area (Å²) in [4.78, 5) is 9.27. The zero-order valence-electron chi connectivity index (χ0n) is 10.2. The lowest BCUT2D eigenvalue weighted by Crippen LogP contribution is -2.17. The van der Waals surface area contributed by atoms with Crippen LogP contribution in [0.25, 0.3) is 10.4 Å². The largest absolute Gasteiger partial charge is 0.474 e. The van der Waals surface area contributed by atoms with Crippen LogP contribution < -0.4 is 4.74 Å². The highest BCUT2D eigenvalue weighted by molar-refractivity contribution is 7.13. The number of thiophene rings is 1. The summed E-state index contributed by atoms with van der Waals surface area (Å²) in [7, 11) is 0. The molecular weight excluding hydrogens is 284 g/mol. The molecule has 0 aliphatic carbocycles. The van der Waals surface area contributed by atoms with Crippen molar-refractivity contribution in [1.29, 1.82) is 0 Å². The Kier molecular flexibility index (Phi) is 3.96. The van der Waals surface area contributed by atoms with Crippen LogP contribution in [0.15, 0.2) is 23.7 Å². The molecule has 1 aliphatic heterocycles. The average molecular weight is 297 g/mol. The topological polar surface area (TPSA) is 44.2 Å². The van der Waals surface area contributed by atoms with E-state index >= 15 is 0 Å². The molecule has 6 heteroatoms. The molecule has 4 nitrogen and oxygen atoms in total. The molecule has 19 heavy (non-hydrogen) atoms. The first kappa shape index (κ1) is 12.8. The first-order valence-electron chi connectivity index (χ1n) is 6.14. The van der Waals surface area contributed by atoms with Gasteiger partial charge in [-0.15, -0.1) is 11.3 Å². The van der Waals surface area contributed by atoms with Crippen LogP contribution in [-0.4, -0.2) is 29.3 Å².